The van der Waals surface area contributed by atoms with Crippen LogP contribution in [-0.2, 0) is 26.2 Å². The summed E-state index contributed by atoms with van der Waals surface area (Å²) in [5.74, 6) is 1.45. The van der Waals surface area contributed by atoms with Crippen LogP contribution in [-0.4, -0.2) is 80.9 Å². The van der Waals surface area contributed by atoms with E-state index in [-0.39, 0.29) is 0 Å². The summed E-state index contributed by atoms with van der Waals surface area (Å²) in [5.41, 5.74) is 6.22. The number of aromatic nitrogens is 11. The molecule has 8 rings (SSSR count). The van der Waals surface area contributed by atoms with E-state index in [1.807, 2.05) is 38.8 Å². The third-order valence-corrected chi connectivity index (χ3v) is 7.54. The van der Waals surface area contributed by atoms with Crippen LogP contribution in [0.3, 0.4) is 0 Å². The van der Waals surface area contributed by atoms with Crippen molar-refractivity contribution in [1.82, 2.24) is 60.0 Å². The average molecular weight is 561 g/mol. The van der Waals surface area contributed by atoms with E-state index in [4.69, 9.17) is 15.1 Å². The Morgan fingerprint density at radius 2 is 1.57 bits per heavy atom. The Hall–Kier alpha value is -5.24. The van der Waals surface area contributed by atoms with E-state index in [0.717, 1.165) is 71.2 Å². The van der Waals surface area contributed by atoms with Crippen molar-refractivity contribution in [2.45, 2.75) is 26.2 Å². The molecular weight excluding hydrogens is 532 g/mol. The van der Waals surface area contributed by atoms with Gasteiger partial charge in [-0.05, 0) is 23.3 Å². The fourth-order valence-electron chi connectivity index (χ4n) is 5.48. The monoisotopic (exact) mass is 560 g/mol. The van der Waals surface area contributed by atoms with Crippen LogP contribution in [0.15, 0.2) is 61.2 Å². The van der Waals surface area contributed by atoms with Crippen molar-refractivity contribution >= 4 is 22.8 Å². The maximum absolute atomic E-state index is 4.98. The highest BCUT2D eigenvalue weighted by Crippen LogP contribution is 2.28. The summed E-state index contributed by atoms with van der Waals surface area (Å²) in [4.78, 5) is 16.5. The quantitative estimate of drug-likeness (QED) is 0.318. The minimum absolute atomic E-state index is 0.410. The molecule has 1 fully saturated rings. The largest absolute Gasteiger partial charge is 0.354 e. The molecule has 2 N–H and O–H groups in total. The molecule has 0 saturated carbocycles. The molecule has 1 aromatic carbocycles. The second-order valence-electron chi connectivity index (χ2n) is 10.6. The predicted octanol–water partition coefficient (Wildman–Crippen LogP) is 1.55. The Labute approximate surface area is 240 Å². The summed E-state index contributed by atoms with van der Waals surface area (Å²) in [6.07, 6.45) is 7.58. The lowest BCUT2D eigenvalue weighted by atomic mass is 10.1. The fraction of sp³-hybridized carbons (Fsp3) is 0.286. The molecule has 8 bridgehead atoms. The molecule has 14 nitrogen and oxygen atoms in total. The Balaban J connectivity index is 1.17. The molecule has 14 heteroatoms. The predicted molar refractivity (Wildman–Crippen MR) is 155 cm³/mol. The minimum Gasteiger partial charge on any atom is -0.354 e. The van der Waals surface area contributed by atoms with E-state index in [2.05, 4.69) is 77.5 Å². The highest BCUT2D eigenvalue weighted by molar-refractivity contribution is 5.91. The Morgan fingerprint density at radius 1 is 0.786 bits per heavy atom. The maximum atomic E-state index is 4.98. The van der Waals surface area contributed by atoms with Gasteiger partial charge < -0.3 is 15.5 Å². The molecule has 42 heavy (non-hydrogen) atoms. The molecule has 1 saturated heterocycles. The lowest BCUT2D eigenvalue weighted by molar-refractivity contribution is 0.585. The van der Waals surface area contributed by atoms with Crippen LogP contribution in [0.1, 0.15) is 22.5 Å². The zero-order valence-corrected chi connectivity index (χ0v) is 22.8. The van der Waals surface area contributed by atoms with Gasteiger partial charge in [0, 0.05) is 44.1 Å². The summed E-state index contributed by atoms with van der Waals surface area (Å²) < 4.78 is 5.54. The van der Waals surface area contributed by atoms with Crippen LogP contribution in [0.2, 0.25) is 0 Å². The molecule has 0 radical (unpaired) electrons. The van der Waals surface area contributed by atoms with Gasteiger partial charge in [-0.25, -0.2) is 24.0 Å². The molecule has 6 aromatic rings. The van der Waals surface area contributed by atoms with Crippen molar-refractivity contribution in [3.05, 3.63) is 83.7 Å². The molecule has 0 aliphatic carbocycles. The second-order valence-corrected chi connectivity index (χ2v) is 10.6. The summed E-state index contributed by atoms with van der Waals surface area (Å²) in [5, 5.41) is 30.0. The minimum atomic E-state index is 0.410. The van der Waals surface area contributed by atoms with Crippen molar-refractivity contribution in [2.75, 3.05) is 36.4 Å². The number of nitrogens with zero attached hydrogens (tertiary/aromatic N) is 12. The van der Waals surface area contributed by atoms with Crippen molar-refractivity contribution in [1.29, 1.82) is 0 Å². The fourth-order valence-corrected chi connectivity index (χ4v) is 5.48. The van der Waals surface area contributed by atoms with Crippen molar-refractivity contribution in [3.63, 3.8) is 0 Å². The van der Waals surface area contributed by atoms with Gasteiger partial charge in [0.05, 0.1) is 44.0 Å². The summed E-state index contributed by atoms with van der Waals surface area (Å²) in [6.45, 7) is 5.88. The molecule has 0 amide bonds. The van der Waals surface area contributed by atoms with E-state index < -0.39 is 0 Å². The smallest absolute Gasteiger partial charge is 0.225 e. The highest BCUT2D eigenvalue weighted by Gasteiger charge is 2.19. The zero-order chi connectivity index (χ0) is 27.9. The SMILES string of the molecule is c1cc2cc(c1)Cn1cc(nn1)Cn1nc(-c3ccc(N4CCNCC4)nc3)c3cnc(nc31)NCc1cn(nn1)C2. The van der Waals surface area contributed by atoms with Gasteiger partial charge in [0.1, 0.15) is 22.9 Å². The molecule has 2 aliphatic rings. The third-order valence-electron chi connectivity index (χ3n) is 7.54. The second kappa shape index (κ2) is 10.3. The Bertz CT molecular complexity index is 1860. The van der Waals surface area contributed by atoms with Gasteiger partial charge in [0.2, 0.25) is 5.95 Å². The van der Waals surface area contributed by atoms with Crippen LogP contribution in [0, 0.1) is 0 Å². The van der Waals surface area contributed by atoms with Gasteiger partial charge in [-0.3, -0.25) is 0 Å². The lowest BCUT2D eigenvalue weighted by Gasteiger charge is -2.28. The number of hydrogen-bond acceptors (Lipinski definition) is 11. The van der Waals surface area contributed by atoms with Gasteiger partial charge in [0.15, 0.2) is 5.65 Å². The average Bonchev–Trinajstić information content (AvgIpc) is 3.76. The Morgan fingerprint density at radius 3 is 2.36 bits per heavy atom. The van der Waals surface area contributed by atoms with Crippen LogP contribution < -0.4 is 15.5 Å². The van der Waals surface area contributed by atoms with Gasteiger partial charge in [-0.1, -0.05) is 34.7 Å². The van der Waals surface area contributed by atoms with Crippen molar-refractivity contribution < 1.29 is 0 Å². The van der Waals surface area contributed by atoms with E-state index in [9.17, 15) is 0 Å². The van der Waals surface area contributed by atoms with E-state index in [1.54, 1.807) is 0 Å². The standard InChI is InChI=1S/C28H28N14/c1-2-19-10-20(3-1)15-41-17-23(35-38-41)18-42-27-24(13-32-28(33-27)31-12-22-16-40(14-19)37-34-22)26(36-42)21-4-5-25(30-11-21)39-8-6-29-7-9-39/h1-5,10-11,13,16-17,29H,6-9,12,14-15,18H2,(H,31,32,33). The first-order valence-corrected chi connectivity index (χ1v) is 14.0. The van der Waals surface area contributed by atoms with Gasteiger partial charge in [-0.15, -0.1) is 10.2 Å². The first kappa shape index (κ1) is 24.5. The van der Waals surface area contributed by atoms with E-state index in [1.165, 1.54) is 0 Å². The molecular formula is C28H28N14. The van der Waals surface area contributed by atoms with E-state index in [0.29, 0.717) is 37.8 Å². The number of hydrogen-bond donors (Lipinski definition) is 2. The molecule has 0 unspecified atom stereocenters. The number of fused-ring (bicyclic) bond motifs is 7. The van der Waals surface area contributed by atoms with Gasteiger partial charge in [0.25, 0.3) is 0 Å². The molecule has 2 aliphatic heterocycles. The first-order chi connectivity index (χ1) is 20.7. The maximum Gasteiger partial charge on any atom is 0.225 e. The van der Waals surface area contributed by atoms with Crippen LogP contribution in [0.5, 0.6) is 0 Å². The van der Waals surface area contributed by atoms with Gasteiger partial charge in [-0.2, -0.15) is 10.1 Å². The van der Waals surface area contributed by atoms with Crippen LogP contribution in [0.4, 0.5) is 11.8 Å². The third kappa shape index (κ3) is 4.81. The molecule has 7 heterocycles. The topological polar surface area (TPSA) is 145 Å². The van der Waals surface area contributed by atoms with Crippen molar-refractivity contribution in [3.8, 4) is 11.3 Å². The number of piperazine rings is 1. The molecule has 210 valence electrons. The summed E-state index contributed by atoms with van der Waals surface area (Å²) in [6, 6.07) is 12.5. The van der Waals surface area contributed by atoms with E-state index >= 15 is 0 Å². The highest BCUT2D eigenvalue weighted by atomic mass is 15.4. The number of benzene rings is 1. The Kier molecular flexibility index (Phi) is 6.02. The van der Waals surface area contributed by atoms with Gasteiger partial charge >= 0.3 is 0 Å². The van der Waals surface area contributed by atoms with Crippen LogP contribution >= 0.6 is 0 Å². The zero-order valence-electron chi connectivity index (χ0n) is 22.8. The lowest BCUT2D eigenvalue weighted by Crippen LogP contribution is -2.43. The summed E-state index contributed by atoms with van der Waals surface area (Å²) in [7, 11) is 0. The first-order valence-electron chi connectivity index (χ1n) is 14.0. The number of nitrogens with one attached hydrogen (secondary N) is 2. The van der Waals surface area contributed by atoms with Crippen molar-refractivity contribution in [2.24, 2.45) is 0 Å². The number of rotatable bonds is 2. The normalized spacial score (nSPS) is 15.4. The number of pyridine rings is 1. The number of anilines is 2. The summed E-state index contributed by atoms with van der Waals surface area (Å²) >= 11 is 0. The molecule has 0 atom stereocenters. The van der Waals surface area contributed by atoms with Crippen LogP contribution in [0.25, 0.3) is 22.3 Å². The molecule has 0 spiro atoms. The molecule has 5 aromatic heterocycles.